The maximum absolute atomic E-state index is 12.5. The summed E-state index contributed by atoms with van der Waals surface area (Å²) in [7, 11) is 1.50. The van der Waals surface area contributed by atoms with Gasteiger partial charge in [-0.2, -0.15) is 0 Å². The topological polar surface area (TPSA) is 96.7 Å². The fourth-order valence-electron chi connectivity index (χ4n) is 3.26. The van der Waals surface area contributed by atoms with E-state index in [2.05, 4.69) is 9.98 Å². The van der Waals surface area contributed by atoms with Gasteiger partial charge in [0.05, 0.1) is 23.5 Å². The SMILES string of the molecule is COc1ccc(N=Cc2c(O)n(-c3c(C)cc(C)cc3C)c(=O)[nH]c2=O)cc1Cl. The number of aromatic hydroxyl groups is 1. The molecule has 0 amide bonds. The van der Waals surface area contributed by atoms with Crippen molar-refractivity contribution < 1.29 is 9.84 Å². The van der Waals surface area contributed by atoms with Crippen molar-refractivity contribution in [2.24, 2.45) is 4.99 Å². The number of benzene rings is 2. The third-order valence-electron chi connectivity index (χ3n) is 4.46. The Labute approximate surface area is 171 Å². The predicted octanol–water partition coefficient (Wildman–Crippen LogP) is 3.57. The van der Waals surface area contributed by atoms with E-state index in [-0.39, 0.29) is 5.56 Å². The number of aliphatic imine (C=N–C) groups is 1. The van der Waals surface area contributed by atoms with E-state index < -0.39 is 17.1 Å². The van der Waals surface area contributed by atoms with Gasteiger partial charge in [-0.1, -0.05) is 29.3 Å². The first-order valence-corrected chi connectivity index (χ1v) is 9.15. The average molecular weight is 414 g/mol. The first-order valence-electron chi connectivity index (χ1n) is 8.77. The lowest BCUT2D eigenvalue weighted by atomic mass is 10.0. The summed E-state index contributed by atoms with van der Waals surface area (Å²) in [6.07, 6.45) is 1.20. The standard InChI is InChI=1S/C21H20ClN3O4/c1-11-7-12(2)18(13(3)8-11)25-20(27)15(19(26)24-21(25)28)10-23-14-5-6-17(29-4)16(22)9-14/h5-10,27H,1-4H3,(H,24,26,28). The molecule has 8 heteroatoms. The van der Waals surface area contributed by atoms with Crippen LogP contribution < -0.4 is 16.0 Å². The Kier molecular flexibility index (Phi) is 5.61. The second-order valence-electron chi connectivity index (χ2n) is 6.66. The van der Waals surface area contributed by atoms with Crippen LogP contribution in [0, 0.1) is 20.8 Å². The number of rotatable bonds is 4. The number of hydrogen-bond donors (Lipinski definition) is 2. The molecule has 0 atom stereocenters. The molecule has 0 aliphatic rings. The molecule has 0 saturated heterocycles. The van der Waals surface area contributed by atoms with E-state index >= 15 is 0 Å². The summed E-state index contributed by atoms with van der Waals surface area (Å²) in [6.45, 7) is 5.61. The monoisotopic (exact) mass is 413 g/mol. The summed E-state index contributed by atoms with van der Waals surface area (Å²) in [5.41, 5.74) is 1.96. The van der Waals surface area contributed by atoms with Crippen LogP contribution >= 0.6 is 11.6 Å². The minimum Gasteiger partial charge on any atom is -0.495 e. The van der Waals surface area contributed by atoms with Crippen molar-refractivity contribution in [2.45, 2.75) is 20.8 Å². The normalized spacial score (nSPS) is 11.2. The number of aromatic amines is 1. The first-order chi connectivity index (χ1) is 13.7. The molecule has 3 aromatic rings. The number of nitrogens with one attached hydrogen (secondary N) is 1. The first kappa shape index (κ1) is 20.4. The van der Waals surface area contributed by atoms with E-state index in [4.69, 9.17) is 16.3 Å². The van der Waals surface area contributed by atoms with Gasteiger partial charge in [-0.25, -0.2) is 9.36 Å². The van der Waals surface area contributed by atoms with Gasteiger partial charge in [-0.15, -0.1) is 0 Å². The third-order valence-corrected chi connectivity index (χ3v) is 4.75. The Balaban J connectivity index is 2.15. The number of halogens is 1. The molecule has 150 valence electrons. The molecule has 2 N–H and O–H groups in total. The summed E-state index contributed by atoms with van der Waals surface area (Å²) in [4.78, 5) is 31.2. The lowest BCUT2D eigenvalue weighted by molar-refractivity contribution is 0.415. The van der Waals surface area contributed by atoms with Crippen LogP contribution in [0.25, 0.3) is 5.69 Å². The Morgan fingerprint density at radius 2 is 1.79 bits per heavy atom. The van der Waals surface area contributed by atoms with E-state index in [1.54, 1.807) is 18.2 Å². The summed E-state index contributed by atoms with van der Waals surface area (Å²) in [5, 5.41) is 11.1. The van der Waals surface area contributed by atoms with Gasteiger partial charge in [0, 0.05) is 6.21 Å². The number of hydrogen-bond acceptors (Lipinski definition) is 5. The summed E-state index contributed by atoms with van der Waals surface area (Å²) >= 11 is 6.09. The number of aryl methyl sites for hydroxylation is 3. The molecule has 29 heavy (non-hydrogen) atoms. The van der Waals surface area contributed by atoms with E-state index in [1.165, 1.54) is 13.3 Å². The van der Waals surface area contributed by atoms with Crippen molar-refractivity contribution >= 4 is 23.5 Å². The maximum Gasteiger partial charge on any atom is 0.335 e. The number of nitrogens with zero attached hydrogens (tertiary/aromatic N) is 2. The highest BCUT2D eigenvalue weighted by Gasteiger charge is 2.17. The molecule has 0 unspecified atom stereocenters. The number of ether oxygens (including phenoxy) is 1. The van der Waals surface area contributed by atoms with Gasteiger partial charge in [-0.05, 0) is 50.1 Å². The van der Waals surface area contributed by atoms with E-state index in [1.807, 2.05) is 32.9 Å². The molecule has 0 saturated carbocycles. The molecular weight excluding hydrogens is 394 g/mol. The van der Waals surface area contributed by atoms with Crippen LogP contribution in [0.3, 0.4) is 0 Å². The molecule has 2 aromatic carbocycles. The Bertz CT molecular complexity index is 1220. The quantitative estimate of drug-likeness (QED) is 0.639. The van der Waals surface area contributed by atoms with Gasteiger partial charge in [-0.3, -0.25) is 14.8 Å². The molecule has 7 nitrogen and oxygen atoms in total. The van der Waals surface area contributed by atoms with Gasteiger partial charge in [0.1, 0.15) is 11.3 Å². The van der Waals surface area contributed by atoms with Gasteiger partial charge >= 0.3 is 5.69 Å². The highest BCUT2D eigenvalue weighted by molar-refractivity contribution is 6.32. The van der Waals surface area contributed by atoms with Crippen LogP contribution in [-0.4, -0.2) is 28.0 Å². The predicted molar refractivity (Wildman–Crippen MR) is 114 cm³/mol. The molecule has 3 rings (SSSR count). The minimum absolute atomic E-state index is 0.143. The summed E-state index contributed by atoms with van der Waals surface area (Å²) in [5.74, 6) is 0.00217. The average Bonchev–Trinajstić information content (AvgIpc) is 2.63. The lowest BCUT2D eigenvalue weighted by Gasteiger charge is -2.15. The molecule has 0 bridgehead atoms. The summed E-state index contributed by atoms with van der Waals surface area (Å²) in [6, 6.07) is 8.64. The molecule has 0 fully saturated rings. The zero-order chi connectivity index (χ0) is 21.3. The van der Waals surface area contributed by atoms with Crippen LogP contribution in [0.5, 0.6) is 11.6 Å². The van der Waals surface area contributed by atoms with Gasteiger partial charge in [0.15, 0.2) is 0 Å². The lowest BCUT2D eigenvalue weighted by Crippen LogP contribution is -2.32. The second kappa shape index (κ2) is 7.97. The molecule has 0 aliphatic carbocycles. The zero-order valence-electron chi connectivity index (χ0n) is 16.4. The van der Waals surface area contributed by atoms with Crippen molar-refractivity contribution in [1.29, 1.82) is 0 Å². The van der Waals surface area contributed by atoms with Gasteiger partial charge < -0.3 is 9.84 Å². The summed E-state index contributed by atoms with van der Waals surface area (Å²) < 4.78 is 6.17. The van der Waals surface area contributed by atoms with Crippen molar-refractivity contribution in [3.63, 3.8) is 0 Å². The Morgan fingerprint density at radius 1 is 1.14 bits per heavy atom. The zero-order valence-corrected chi connectivity index (χ0v) is 17.2. The molecule has 0 radical (unpaired) electrons. The van der Waals surface area contributed by atoms with Gasteiger partial charge in [0.25, 0.3) is 5.56 Å². The van der Waals surface area contributed by atoms with Crippen LogP contribution in [0.2, 0.25) is 5.02 Å². The molecular formula is C21H20ClN3O4. The number of H-pyrrole nitrogens is 1. The second-order valence-corrected chi connectivity index (χ2v) is 7.06. The maximum atomic E-state index is 12.5. The fourth-order valence-corrected chi connectivity index (χ4v) is 3.51. The van der Waals surface area contributed by atoms with E-state index in [0.717, 1.165) is 21.3 Å². The smallest absolute Gasteiger partial charge is 0.335 e. The van der Waals surface area contributed by atoms with Gasteiger partial charge in [0.2, 0.25) is 5.88 Å². The van der Waals surface area contributed by atoms with Crippen molar-refractivity contribution in [1.82, 2.24) is 9.55 Å². The number of aromatic nitrogens is 2. The highest BCUT2D eigenvalue weighted by Crippen LogP contribution is 2.29. The largest absolute Gasteiger partial charge is 0.495 e. The molecule has 1 aromatic heterocycles. The van der Waals surface area contributed by atoms with Crippen LogP contribution in [0.15, 0.2) is 44.9 Å². The third kappa shape index (κ3) is 3.95. The van der Waals surface area contributed by atoms with Crippen molar-refractivity contribution in [3.05, 3.63) is 78.4 Å². The van der Waals surface area contributed by atoms with E-state index in [9.17, 15) is 14.7 Å². The molecule has 0 spiro atoms. The van der Waals surface area contributed by atoms with E-state index in [0.29, 0.717) is 22.1 Å². The molecule has 0 aliphatic heterocycles. The van der Waals surface area contributed by atoms with Crippen LogP contribution in [0.1, 0.15) is 22.3 Å². The Morgan fingerprint density at radius 3 is 2.38 bits per heavy atom. The van der Waals surface area contributed by atoms with Crippen molar-refractivity contribution in [2.75, 3.05) is 7.11 Å². The fraction of sp³-hybridized carbons (Fsp3) is 0.190. The van der Waals surface area contributed by atoms with Crippen LogP contribution in [0.4, 0.5) is 5.69 Å². The molecule has 1 heterocycles. The highest BCUT2D eigenvalue weighted by atomic mass is 35.5. The Hall–Kier alpha value is -3.32. The minimum atomic E-state index is -0.741. The van der Waals surface area contributed by atoms with Crippen molar-refractivity contribution in [3.8, 4) is 17.3 Å². The van der Waals surface area contributed by atoms with Crippen LogP contribution in [-0.2, 0) is 0 Å². The number of methoxy groups -OCH3 is 1.